The third-order valence-corrected chi connectivity index (χ3v) is 8.82. The zero-order chi connectivity index (χ0) is 24.2. The lowest BCUT2D eigenvalue weighted by Gasteiger charge is -2.40. The van der Waals surface area contributed by atoms with Gasteiger partial charge in [-0.2, -0.15) is 0 Å². The van der Waals surface area contributed by atoms with Crippen LogP contribution in [0.4, 0.5) is 5.69 Å². The van der Waals surface area contributed by atoms with E-state index in [0.29, 0.717) is 17.8 Å². The van der Waals surface area contributed by atoms with Gasteiger partial charge < -0.3 is 10.2 Å². The highest BCUT2D eigenvalue weighted by atomic mass is 16.2. The van der Waals surface area contributed by atoms with Gasteiger partial charge in [0.15, 0.2) is 0 Å². The van der Waals surface area contributed by atoms with E-state index in [1.165, 1.54) is 32.7 Å². The number of piperidine rings is 1. The van der Waals surface area contributed by atoms with Gasteiger partial charge in [0, 0.05) is 19.0 Å². The largest absolute Gasteiger partial charge is 0.377 e. The smallest absolute Gasteiger partial charge is 0.255 e. The Morgan fingerprint density at radius 2 is 1.58 bits per heavy atom. The van der Waals surface area contributed by atoms with Gasteiger partial charge in [-0.25, -0.2) is 0 Å². The molecule has 3 atom stereocenters. The van der Waals surface area contributed by atoms with Crippen LogP contribution in [-0.4, -0.2) is 23.9 Å². The number of anilines is 1. The fourth-order valence-corrected chi connectivity index (χ4v) is 6.85. The second kappa shape index (κ2) is 8.51. The molecule has 2 aliphatic heterocycles. The molecule has 1 amide bonds. The third kappa shape index (κ3) is 3.37. The fraction of sp³-hybridized carbons (Fsp3) is 0.303. The van der Waals surface area contributed by atoms with Gasteiger partial charge in [0.1, 0.15) is 0 Å². The number of allylic oxidation sites excluding steroid dienone is 2. The molecule has 3 aliphatic rings. The predicted molar refractivity (Wildman–Crippen MR) is 149 cm³/mol. The van der Waals surface area contributed by atoms with Crippen LogP contribution in [0.15, 0.2) is 84.9 Å². The zero-order valence-corrected chi connectivity index (χ0v) is 20.8. The van der Waals surface area contributed by atoms with Crippen LogP contribution >= 0.6 is 0 Å². The number of likely N-dealkylation sites (tertiary alicyclic amines) is 1. The van der Waals surface area contributed by atoms with Crippen molar-refractivity contribution in [2.45, 2.75) is 38.1 Å². The van der Waals surface area contributed by atoms with E-state index in [-0.39, 0.29) is 11.9 Å². The number of nitrogens with one attached hydrogen (secondary N) is 1. The second-order valence-electron chi connectivity index (χ2n) is 11.0. The number of nitrogens with zero attached hydrogens (tertiary/aromatic N) is 1. The minimum absolute atomic E-state index is 0.129. The lowest BCUT2D eigenvalue weighted by molar-refractivity contribution is 0.0698. The molecular weight excluding hydrogens is 440 g/mol. The first-order chi connectivity index (χ1) is 17.7. The number of carbonyl (C=O) groups is 1. The van der Waals surface area contributed by atoms with Crippen molar-refractivity contribution in [1.82, 2.24) is 4.90 Å². The number of hydrogen-bond acceptors (Lipinski definition) is 2. The van der Waals surface area contributed by atoms with E-state index < -0.39 is 0 Å². The minimum atomic E-state index is 0.129. The van der Waals surface area contributed by atoms with Crippen molar-refractivity contribution < 1.29 is 4.79 Å². The molecular formula is C33H32N2O. The Balaban J connectivity index is 1.39. The van der Waals surface area contributed by atoms with E-state index >= 15 is 0 Å². The average molecular weight is 473 g/mol. The quantitative estimate of drug-likeness (QED) is 0.240. The Hall–Kier alpha value is -3.59. The van der Waals surface area contributed by atoms with E-state index in [0.717, 1.165) is 43.6 Å². The molecule has 0 spiro atoms. The molecule has 0 bridgehead atoms. The first kappa shape index (κ1) is 21.7. The average Bonchev–Trinajstić information content (AvgIpc) is 3.42. The summed E-state index contributed by atoms with van der Waals surface area (Å²) in [6.45, 7) is 4.00. The van der Waals surface area contributed by atoms with Crippen molar-refractivity contribution in [2.75, 3.05) is 18.4 Å². The summed E-state index contributed by atoms with van der Waals surface area (Å²) in [6, 6.07) is 26.3. The maximum atomic E-state index is 13.8. The molecule has 1 N–H and O–H groups in total. The third-order valence-electron chi connectivity index (χ3n) is 8.82. The number of hydrogen-bond donors (Lipinski definition) is 1. The van der Waals surface area contributed by atoms with Crippen molar-refractivity contribution in [1.29, 1.82) is 0 Å². The van der Waals surface area contributed by atoms with E-state index in [4.69, 9.17) is 0 Å². The number of carbonyl (C=O) groups excluding carboxylic acids is 1. The van der Waals surface area contributed by atoms with Gasteiger partial charge in [0.05, 0.1) is 17.3 Å². The molecule has 0 saturated carbocycles. The van der Waals surface area contributed by atoms with Crippen molar-refractivity contribution >= 4 is 33.1 Å². The van der Waals surface area contributed by atoms with Crippen molar-refractivity contribution in [3.8, 4) is 0 Å². The molecule has 4 aromatic carbocycles. The number of amides is 1. The zero-order valence-electron chi connectivity index (χ0n) is 20.8. The van der Waals surface area contributed by atoms with E-state index in [1.54, 1.807) is 0 Å². The van der Waals surface area contributed by atoms with Gasteiger partial charge in [-0.3, -0.25) is 4.79 Å². The van der Waals surface area contributed by atoms with Crippen LogP contribution in [0, 0.1) is 11.8 Å². The Morgan fingerprint density at radius 1 is 0.889 bits per heavy atom. The normalized spacial score (nSPS) is 23.5. The van der Waals surface area contributed by atoms with Crippen LogP contribution in [0.3, 0.4) is 0 Å². The molecule has 1 saturated heterocycles. The summed E-state index contributed by atoms with van der Waals surface area (Å²) < 4.78 is 0. The van der Waals surface area contributed by atoms with Crippen molar-refractivity contribution in [2.24, 2.45) is 11.8 Å². The Kier molecular flexibility index (Phi) is 5.13. The van der Waals surface area contributed by atoms with Gasteiger partial charge in [-0.05, 0) is 75.9 Å². The maximum absolute atomic E-state index is 13.8. The predicted octanol–water partition coefficient (Wildman–Crippen LogP) is 7.69. The van der Waals surface area contributed by atoms with Crippen LogP contribution in [0.25, 0.3) is 21.5 Å². The van der Waals surface area contributed by atoms with Gasteiger partial charge >= 0.3 is 0 Å². The van der Waals surface area contributed by atoms with Crippen LogP contribution in [0.5, 0.6) is 0 Å². The fourth-order valence-electron chi connectivity index (χ4n) is 6.85. The van der Waals surface area contributed by atoms with Gasteiger partial charge in [0.2, 0.25) is 0 Å². The molecule has 7 rings (SSSR count). The summed E-state index contributed by atoms with van der Waals surface area (Å²) in [5.41, 5.74) is 4.50. The lowest BCUT2D eigenvalue weighted by Crippen LogP contribution is -2.39. The van der Waals surface area contributed by atoms with Gasteiger partial charge in [-0.1, -0.05) is 79.7 Å². The summed E-state index contributed by atoms with van der Waals surface area (Å²) in [7, 11) is 0. The molecule has 0 aromatic heterocycles. The van der Waals surface area contributed by atoms with Crippen molar-refractivity contribution in [3.63, 3.8) is 0 Å². The summed E-state index contributed by atoms with van der Waals surface area (Å²) in [4.78, 5) is 15.9. The molecule has 4 aromatic rings. The Bertz CT molecular complexity index is 1460. The number of benzene rings is 4. The molecule has 1 fully saturated rings. The topological polar surface area (TPSA) is 32.3 Å². The van der Waals surface area contributed by atoms with Crippen LogP contribution < -0.4 is 5.32 Å². The number of para-hydroxylation sites is 1. The lowest BCUT2D eigenvalue weighted by atomic mass is 9.74. The maximum Gasteiger partial charge on any atom is 0.255 e. The van der Waals surface area contributed by atoms with E-state index in [2.05, 4.69) is 96.0 Å². The summed E-state index contributed by atoms with van der Waals surface area (Å²) in [6.07, 6.45) is 7.94. The number of rotatable bonds is 2. The van der Waals surface area contributed by atoms with Crippen LogP contribution in [0.2, 0.25) is 0 Å². The number of fused-ring (bicyclic) bond motifs is 5. The molecule has 3 nitrogen and oxygen atoms in total. The van der Waals surface area contributed by atoms with Crippen LogP contribution in [0.1, 0.15) is 59.6 Å². The highest BCUT2D eigenvalue weighted by molar-refractivity contribution is 6.04. The molecule has 3 unspecified atom stereocenters. The highest BCUT2D eigenvalue weighted by Crippen LogP contribution is 2.52. The Morgan fingerprint density at radius 3 is 2.31 bits per heavy atom. The Labute approximate surface area is 212 Å². The van der Waals surface area contributed by atoms with Gasteiger partial charge in [-0.15, -0.1) is 0 Å². The van der Waals surface area contributed by atoms with Crippen LogP contribution in [-0.2, 0) is 0 Å². The molecule has 3 heteroatoms. The second-order valence-corrected chi connectivity index (χ2v) is 11.0. The summed E-state index contributed by atoms with van der Waals surface area (Å²) in [5, 5.41) is 9.13. The van der Waals surface area contributed by atoms with Crippen molar-refractivity contribution in [3.05, 3.63) is 102 Å². The minimum Gasteiger partial charge on any atom is -0.377 e. The highest BCUT2D eigenvalue weighted by Gasteiger charge is 2.40. The molecule has 36 heavy (non-hydrogen) atoms. The molecule has 1 aliphatic carbocycles. The SMILES string of the molecule is CC1CCN(C(=O)c2cccc3c2NC(c2c4ccccc4cc4ccccc24)C2CC=CC32)CC1. The summed E-state index contributed by atoms with van der Waals surface area (Å²) >= 11 is 0. The first-order valence-electron chi connectivity index (χ1n) is 13.4. The standard InChI is InChI=1S/C33H32N2O/c1-21-16-18-35(19-17-21)33(36)29-15-7-13-27-26-12-6-14-28(26)32(34-31(27)29)30-24-10-4-2-8-22(24)20-23-9-3-5-11-25(23)30/h2-13,15,20-21,26,28,32,34H,14,16-19H2,1H3. The van der Waals surface area contributed by atoms with Gasteiger partial charge in [0.25, 0.3) is 5.91 Å². The molecule has 2 heterocycles. The van der Waals surface area contributed by atoms with E-state index in [9.17, 15) is 4.79 Å². The molecule has 0 radical (unpaired) electrons. The van der Waals surface area contributed by atoms with E-state index in [1.807, 2.05) is 6.07 Å². The monoisotopic (exact) mass is 472 g/mol. The first-order valence-corrected chi connectivity index (χ1v) is 13.4. The molecule has 180 valence electrons. The summed E-state index contributed by atoms with van der Waals surface area (Å²) in [5.74, 6) is 1.62.